The number of hydrogen-bond acceptors (Lipinski definition) is 9. The van der Waals surface area contributed by atoms with Crippen LogP contribution < -0.4 is 15.4 Å². The number of aliphatic hydroxyl groups excluding tert-OH is 1. The normalized spacial score (nSPS) is 18.2. The second-order valence-corrected chi connectivity index (χ2v) is 10.3. The van der Waals surface area contributed by atoms with E-state index in [0.717, 1.165) is 0 Å². The van der Waals surface area contributed by atoms with Gasteiger partial charge < -0.3 is 25.0 Å². The number of hydrogen-bond donors (Lipinski definition) is 3. The first-order valence-electron chi connectivity index (χ1n) is 13.0. The molecule has 3 heterocycles. The molecule has 12 heteroatoms. The van der Waals surface area contributed by atoms with Gasteiger partial charge in [-0.3, -0.25) is 4.90 Å². The molecule has 212 valence electrons. The molecule has 39 heavy (non-hydrogen) atoms. The molecule has 0 amide bonds. The lowest BCUT2D eigenvalue weighted by molar-refractivity contribution is -0.0725. The molecule has 1 aliphatic heterocycles. The Balaban J connectivity index is 1.77. The first-order chi connectivity index (χ1) is 18.5. The molecule has 0 spiro atoms. The van der Waals surface area contributed by atoms with Crippen LogP contribution in [0, 0.1) is 20.8 Å². The zero-order chi connectivity index (χ0) is 28.3. The zero-order valence-electron chi connectivity index (χ0n) is 22.8. The van der Waals surface area contributed by atoms with Crippen LogP contribution in [0.25, 0.3) is 22.6 Å². The summed E-state index contributed by atoms with van der Waals surface area (Å²) in [6.07, 6.45) is -0.438. The van der Waals surface area contributed by atoms with E-state index < -0.39 is 18.1 Å². The molecule has 0 saturated carbocycles. The summed E-state index contributed by atoms with van der Waals surface area (Å²) >= 11 is 6.57. The SMILES string of the molecule is CCN1CCC(Nc2nc(-c3cc(OCC(O)CNC)ccc3Cl)nc(-c3c(C)noc3C)c2C)C(F)(F)C1. The molecule has 0 aliphatic carbocycles. The molecule has 2 atom stereocenters. The Kier molecular flexibility index (Phi) is 9.05. The number of ether oxygens (including phenoxy) is 1. The largest absolute Gasteiger partial charge is 0.491 e. The van der Waals surface area contributed by atoms with Gasteiger partial charge in [-0.1, -0.05) is 23.7 Å². The maximum Gasteiger partial charge on any atom is 0.280 e. The molecule has 4 rings (SSSR count). The van der Waals surface area contributed by atoms with Crippen molar-refractivity contribution in [2.45, 2.75) is 52.2 Å². The topological polar surface area (TPSA) is 109 Å². The second-order valence-electron chi connectivity index (χ2n) is 9.85. The number of halogens is 3. The van der Waals surface area contributed by atoms with Gasteiger partial charge in [-0.15, -0.1) is 0 Å². The van der Waals surface area contributed by atoms with Gasteiger partial charge in [0.25, 0.3) is 5.92 Å². The van der Waals surface area contributed by atoms with E-state index in [1.54, 1.807) is 50.9 Å². The molecule has 2 aromatic heterocycles. The number of piperidine rings is 1. The molecule has 0 radical (unpaired) electrons. The van der Waals surface area contributed by atoms with Gasteiger partial charge in [-0.25, -0.2) is 18.7 Å². The minimum absolute atomic E-state index is 0.0688. The first-order valence-corrected chi connectivity index (χ1v) is 13.4. The number of nitrogens with one attached hydrogen (secondary N) is 2. The third-order valence-electron chi connectivity index (χ3n) is 6.91. The van der Waals surface area contributed by atoms with Gasteiger partial charge in [0, 0.05) is 24.2 Å². The third-order valence-corrected chi connectivity index (χ3v) is 7.24. The maximum absolute atomic E-state index is 15.1. The quantitative estimate of drug-likeness (QED) is 0.328. The lowest BCUT2D eigenvalue weighted by atomic mass is 9.99. The van der Waals surface area contributed by atoms with Crippen molar-refractivity contribution in [2.24, 2.45) is 0 Å². The van der Waals surface area contributed by atoms with Gasteiger partial charge in [0.15, 0.2) is 5.82 Å². The third kappa shape index (κ3) is 6.49. The summed E-state index contributed by atoms with van der Waals surface area (Å²) in [6, 6.07) is 3.91. The van der Waals surface area contributed by atoms with E-state index in [2.05, 4.69) is 20.8 Å². The average Bonchev–Trinajstić information content (AvgIpc) is 3.23. The van der Waals surface area contributed by atoms with Crippen molar-refractivity contribution in [3.8, 4) is 28.4 Å². The fraction of sp³-hybridized carbons (Fsp3) is 0.519. The molecule has 1 fully saturated rings. The summed E-state index contributed by atoms with van der Waals surface area (Å²) in [7, 11) is 1.74. The van der Waals surface area contributed by atoms with Gasteiger partial charge in [0.2, 0.25) is 0 Å². The van der Waals surface area contributed by atoms with Crippen LogP contribution in [-0.2, 0) is 0 Å². The highest BCUT2D eigenvalue weighted by molar-refractivity contribution is 6.33. The Morgan fingerprint density at radius 1 is 1.28 bits per heavy atom. The van der Waals surface area contributed by atoms with Crippen molar-refractivity contribution in [2.75, 3.05) is 45.2 Å². The van der Waals surface area contributed by atoms with Crippen LogP contribution in [-0.4, -0.2) is 83.0 Å². The molecule has 1 aromatic carbocycles. The van der Waals surface area contributed by atoms with Gasteiger partial charge in [0.1, 0.15) is 30.0 Å². The van der Waals surface area contributed by atoms with E-state index in [1.165, 1.54) is 0 Å². The summed E-state index contributed by atoms with van der Waals surface area (Å²) in [4.78, 5) is 11.2. The van der Waals surface area contributed by atoms with Crippen molar-refractivity contribution in [1.82, 2.24) is 25.3 Å². The van der Waals surface area contributed by atoms with E-state index in [0.29, 0.717) is 64.2 Å². The van der Waals surface area contributed by atoms with Crippen LogP contribution in [0.1, 0.15) is 30.4 Å². The number of aryl methyl sites for hydroxylation is 2. The lowest BCUT2D eigenvalue weighted by Crippen LogP contribution is -2.54. The van der Waals surface area contributed by atoms with Crippen LogP contribution in [0.3, 0.4) is 0 Å². The highest BCUT2D eigenvalue weighted by atomic mass is 35.5. The van der Waals surface area contributed by atoms with Crippen LogP contribution in [0.5, 0.6) is 5.75 Å². The van der Waals surface area contributed by atoms with Crippen molar-refractivity contribution in [1.29, 1.82) is 0 Å². The summed E-state index contributed by atoms with van der Waals surface area (Å²) in [5.74, 6) is -1.42. The Morgan fingerprint density at radius 2 is 2.05 bits per heavy atom. The number of rotatable bonds is 10. The number of aromatic nitrogens is 3. The first kappa shape index (κ1) is 29.1. The highest BCUT2D eigenvalue weighted by Crippen LogP contribution is 2.37. The predicted octanol–water partition coefficient (Wildman–Crippen LogP) is 4.48. The number of aliphatic hydroxyl groups is 1. The molecule has 0 bridgehead atoms. The Morgan fingerprint density at radius 3 is 2.69 bits per heavy atom. The van der Waals surface area contributed by atoms with E-state index >= 15 is 8.78 Å². The van der Waals surface area contributed by atoms with E-state index in [4.69, 9.17) is 25.8 Å². The Hall–Kier alpha value is -2.86. The molecule has 1 aliphatic rings. The maximum atomic E-state index is 15.1. The fourth-order valence-electron chi connectivity index (χ4n) is 4.72. The van der Waals surface area contributed by atoms with Crippen LogP contribution >= 0.6 is 11.6 Å². The number of likely N-dealkylation sites (tertiary alicyclic amines) is 1. The number of alkyl halides is 2. The van der Waals surface area contributed by atoms with E-state index in [9.17, 15) is 5.11 Å². The molecule has 2 unspecified atom stereocenters. The van der Waals surface area contributed by atoms with E-state index in [-0.39, 0.29) is 31.2 Å². The number of anilines is 1. The lowest BCUT2D eigenvalue weighted by Gasteiger charge is -2.38. The van der Waals surface area contributed by atoms with Gasteiger partial charge in [0.05, 0.1) is 34.6 Å². The summed E-state index contributed by atoms with van der Waals surface area (Å²) in [5.41, 5.74) is 2.86. The minimum atomic E-state index is -2.95. The number of likely N-dealkylation sites (N-methyl/N-ethyl adjacent to an activating group) is 1. The van der Waals surface area contributed by atoms with Gasteiger partial charge in [-0.05, 0) is 59.0 Å². The second kappa shape index (κ2) is 12.1. The van der Waals surface area contributed by atoms with Crippen LogP contribution in [0.2, 0.25) is 5.02 Å². The summed E-state index contributed by atoms with van der Waals surface area (Å²) < 4.78 is 41.4. The monoisotopic (exact) mass is 564 g/mol. The number of benzene rings is 1. The van der Waals surface area contributed by atoms with Gasteiger partial charge >= 0.3 is 0 Å². The predicted molar refractivity (Wildman–Crippen MR) is 147 cm³/mol. The van der Waals surface area contributed by atoms with E-state index in [1.807, 2.05) is 6.92 Å². The molecule has 3 N–H and O–H groups in total. The molecule has 9 nitrogen and oxygen atoms in total. The Labute approximate surface area is 231 Å². The molecule has 3 aromatic rings. The molecular weight excluding hydrogens is 530 g/mol. The van der Waals surface area contributed by atoms with Crippen LogP contribution in [0.15, 0.2) is 22.7 Å². The smallest absolute Gasteiger partial charge is 0.280 e. The standard InChI is InChI=1S/C27H35ClF2N6O3/c1-6-36-10-9-22(27(29,30)14-36)32-25-15(2)24(23-16(3)35-39-17(23)4)33-26(34-25)20-11-19(7-8-21(20)28)38-13-18(37)12-31-5/h7-8,11,18,22,31,37H,6,9-10,12-14H2,1-5H3,(H,32,33,34). The van der Waals surface area contributed by atoms with Crippen molar-refractivity contribution < 1.29 is 23.1 Å². The highest BCUT2D eigenvalue weighted by Gasteiger charge is 2.44. The van der Waals surface area contributed by atoms with Crippen LogP contribution in [0.4, 0.5) is 14.6 Å². The zero-order valence-corrected chi connectivity index (χ0v) is 23.6. The number of nitrogens with zero attached hydrogens (tertiary/aromatic N) is 4. The molecule has 1 saturated heterocycles. The van der Waals surface area contributed by atoms with Gasteiger partial charge in [-0.2, -0.15) is 0 Å². The fourth-order valence-corrected chi connectivity index (χ4v) is 4.92. The van der Waals surface area contributed by atoms with Crippen molar-refractivity contribution in [3.63, 3.8) is 0 Å². The van der Waals surface area contributed by atoms with Crippen molar-refractivity contribution in [3.05, 3.63) is 40.2 Å². The average molecular weight is 565 g/mol. The minimum Gasteiger partial charge on any atom is -0.491 e. The Bertz CT molecular complexity index is 1290. The summed E-state index contributed by atoms with van der Waals surface area (Å²) in [6.45, 7) is 8.49. The summed E-state index contributed by atoms with van der Waals surface area (Å²) in [5, 5.41) is 20.3. The molecular formula is C27H35ClF2N6O3. The van der Waals surface area contributed by atoms with Crippen molar-refractivity contribution >= 4 is 17.4 Å².